The van der Waals surface area contributed by atoms with Crippen molar-refractivity contribution in [3.05, 3.63) is 23.8 Å². The van der Waals surface area contributed by atoms with Gasteiger partial charge in [-0.05, 0) is 24.6 Å². The van der Waals surface area contributed by atoms with Gasteiger partial charge in [-0.2, -0.15) is 8.78 Å². The van der Waals surface area contributed by atoms with Gasteiger partial charge in [0.25, 0.3) is 0 Å². The molecule has 0 saturated heterocycles. The van der Waals surface area contributed by atoms with E-state index in [2.05, 4.69) is 10.1 Å². The summed E-state index contributed by atoms with van der Waals surface area (Å²) in [6.45, 7) is 4.09. The Hall–Kier alpha value is -1.36. The van der Waals surface area contributed by atoms with Crippen LogP contribution in [0.25, 0.3) is 0 Å². The molecule has 0 saturated carbocycles. The van der Waals surface area contributed by atoms with Gasteiger partial charge in [0.15, 0.2) is 11.5 Å². The molecule has 0 aliphatic heterocycles. The first-order valence-corrected chi connectivity index (χ1v) is 5.96. The van der Waals surface area contributed by atoms with Gasteiger partial charge in [0.05, 0.1) is 6.61 Å². The van der Waals surface area contributed by atoms with Crippen molar-refractivity contribution in [2.75, 3.05) is 6.61 Å². The van der Waals surface area contributed by atoms with Crippen LogP contribution < -0.4 is 14.8 Å². The molecular formula is C13H19F2NO2. The van der Waals surface area contributed by atoms with Crippen molar-refractivity contribution in [1.82, 2.24) is 5.32 Å². The van der Waals surface area contributed by atoms with E-state index in [1.54, 1.807) is 19.1 Å². The average Bonchev–Trinajstić information content (AvgIpc) is 2.29. The number of benzene rings is 1. The van der Waals surface area contributed by atoms with Crippen LogP contribution in [0.5, 0.6) is 11.5 Å². The van der Waals surface area contributed by atoms with Gasteiger partial charge in [-0.3, -0.25) is 0 Å². The molecule has 0 aromatic heterocycles. The summed E-state index contributed by atoms with van der Waals surface area (Å²) >= 11 is 0. The lowest BCUT2D eigenvalue weighted by Gasteiger charge is -2.14. The summed E-state index contributed by atoms with van der Waals surface area (Å²) in [6, 6.07) is 5.33. The van der Waals surface area contributed by atoms with Crippen LogP contribution in [0.3, 0.4) is 0 Å². The third-order valence-corrected chi connectivity index (χ3v) is 2.24. The van der Waals surface area contributed by atoms with E-state index < -0.39 is 6.61 Å². The van der Waals surface area contributed by atoms with Gasteiger partial charge >= 0.3 is 6.61 Å². The SMILES string of the molecule is CCOc1cc(CNC(C)C)ccc1OC(F)F. The molecule has 0 aliphatic rings. The van der Waals surface area contributed by atoms with Crippen molar-refractivity contribution in [2.45, 2.75) is 40.0 Å². The number of ether oxygens (including phenoxy) is 2. The summed E-state index contributed by atoms with van der Waals surface area (Å²) in [6.07, 6.45) is 0. The van der Waals surface area contributed by atoms with Crippen LogP contribution in [0.2, 0.25) is 0 Å². The molecular weight excluding hydrogens is 240 g/mol. The maximum absolute atomic E-state index is 12.2. The Morgan fingerprint density at radius 3 is 2.50 bits per heavy atom. The fourth-order valence-electron chi connectivity index (χ4n) is 1.45. The Bertz CT molecular complexity index is 370. The molecule has 1 rings (SSSR count). The molecule has 18 heavy (non-hydrogen) atoms. The number of hydrogen-bond acceptors (Lipinski definition) is 3. The normalized spacial score (nSPS) is 11.1. The predicted octanol–water partition coefficient (Wildman–Crippen LogP) is 3.18. The molecule has 0 bridgehead atoms. The Labute approximate surface area is 106 Å². The van der Waals surface area contributed by atoms with Gasteiger partial charge in [0.1, 0.15) is 0 Å². The summed E-state index contributed by atoms with van der Waals surface area (Å²) in [5, 5.41) is 3.25. The van der Waals surface area contributed by atoms with Crippen molar-refractivity contribution in [1.29, 1.82) is 0 Å². The molecule has 5 heteroatoms. The molecule has 1 aromatic carbocycles. The summed E-state index contributed by atoms with van der Waals surface area (Å²) in [7, 11) is 0. The topological polar surface area (TPSA) is 30.5 Å². The maximum atomic E-state index is 12.2. The Morgan fingerprint density at radius 2 is 1.94 bits per heavy atom. The van der Waals surface area contributed by atoms with E-state index in [4.69, 9.17) is 4.74 Å². The number of halogens is 2. The molecule has 102 valence electrons. The molecule has 0 amide bonds. The van der Waals surface area contributed by atoms with Gasteiger partial charge in [-0.15, -0.1) is 0 Å². The van der Waals surface area contributed by atoms with Crippen molar-refractivity contribution in [3.8, 4) is 11.5 Å². The number of nitrogens with one attached hydrogen (secondary N) is 1. The summed E-state index contributed by atoms with van der Waals surface area (Å²) in [5.41, 5.74) is 0.966. The van der Waals surface area contributed by atoms with Gasteiger partial charge in [-0.25, -0.2) is 0 Å². The highest BCUT2D eigenvalue weighted by molar-refractivity contribution is 5.43. The van der Waals surface area contributed by atoms with Crippen molar-refractivity contribution in [2.24, 2.45) is 0 Å². The maximum Gasteiger partial charge on any atom is 0.387 e. The first-order valence-electron chi connectivity index (χ1n) is 5.96. The van der Waals surface area contributed by atoms with Crippen LogP contribution in [-0.4, -0.2) is 19.3 Å². The highest BCUT2D eigenvalue weighted by Crippen LogP contribution is 2.29. The summed E-state index contributed by atoms with van der Waals surface area (Å²) < 4.78 is 34.1. The summed E-state index contributed by atoms with van der Waals surface area (Å²) in [4.78, 5) is 0. The zero-order chi connectivity index (χ0) is 13.5. The quantitative estimate of drug-likeness (QED) is 0.815. The zero-order valence-corrected chi connectivity index (χ0v) is 10.9. The average molecular weight is 259 g/mol. The highest BCUT2D eigenvalue weighted by Gasteiger charge is 2.11. The Kier molecular flexibility index (Phi) is 5.85. The van der Waals surface area contributed by atoms with Crippen LogP contribution in [-0.2, 0) is 6.54 Å². The molecule has 0 spiro atoms. The lowest BCUT2D eigenvalue weighted by Crippen LogP contribution is -2.21. The first kappa shape index (κ1) is 14.7. The molecule has 1 N–H and O–H groups in total. The standard InChI is InChI=1S/C13H19F2NO2/c1-4-17-12-7-10(8-16-9(2)3)5-6-11(12)18-13(14)15/h5-7,9,13,16H,4,8H2,1-3H3. The zero-order valence-electron chi connectivity index (χ0n) is 10.9. The van der Waals surface area contributed by atoms with Crippen molar-refractivity contribution in [3.63, 3.8) is 0 Å². The van der Waals surface area contributed by atoms with Crippen LogP contribution in [0.15, 0.2) is 18.2 Å². The number of hydrogen-bond donors (Lipinski definition) is 1. The molecule has 1 aromatic rings. The van der Waals surface area contributed by atoms with E-state index in [9.17, 15) is 8.78 Å². The van der Waals surface area contributed by atoms with Gasteiger partial charge in [0, 0.05) is 12.6 Å². The van der Waals surface area contributed by atoms with Crippen LogP contribution >= 0.6 is 0 Å². The molecule has 0 aliphatic carbocycles. The molecule has 0 unspecified atom stereocenters. The highest BCUT2D eigenvalue weighted by atomic mass is 19.3. The fraction of sp³-hybridized carbons (Fsp3) is 0.538. The second-order valence-corrected chi connectivity index (χ2v) is 4.13. The van der Waals surface area contributed by atoms with Crippen LogP contribution in [0.1, 0.15) is 26.3 Å². The van der Waals surface area contributed by atoms with Gasteiger partial charge < -0.3 is 14.8 Å². The molecule has 0 heterocycles. The second kappa shape index (κ2) is 7.16. The molecule has 3 nitrogen and oxygen atoms in total. The third-order valence-electron chi connectivity index (χ3n) is 2.24. The molecule has 0 atom stereocenters. The van der Waals surface area contributed by atoms with Gasteiger partial charge in [-0.1, -0.05) is 19.9 Å². The van der Waals surface area contributed by atoms with E-state index in [0.717, 1.165) is 5.56 Å². The minimum atomic E-state index is -2.84. The van der Waals surface area contributed by atoms with E-state index in [1.807, 2.05) is 13.8 Å². The molecule has 0 fully saturated rings. The minimum absolute atomic E-state index is 0.0696. The van der Waals surface area contributed by atoms with Crippen molar-refractivity contribution < 1.29 is 18.3 Å². The van der Waals surface area contributed by atoms with E-state index in [1.165, 1.54) is 6.07 Å². The van der Waals surface area contributed by atoms with Gasteiger partial charge in [0.2, 0.25) is 0 Å². The second-order valence-electron chi connectivity index (χ2n) is 4.13. The summed E-state index contributed by atoms with van der Waals surface area (Å²) in [5.74, 6) is 0.418. The third kappa shape index (κ3) is 4.87. The molecule has 0 radical (unpaired) electrons. The number of rotatable bonds is 7. The lowest BCUT2D eigenvalue weighted by atomic mass is 10.2. The fourth-order valence-corrected chi connectivity index (χ4v) is 1.45. The monoisotopic (exact) mass is 259 g/mol. The Morgan fingerprint density at radius 1 is 1.22 bits per heavy atom. The minimum Gasteiger partial charge on any atom is -0.490 e. The smallest absolute Gasteiger partial charge is 0.387 e. The van der Waals surface area contributed by atoms with E-state index >= 15 is 0 Å². The first-order chi connectivity index (χ1) is 8.52. The lowest BCUT2D eigenvalue weighted by molar-refractivity contribution is -0.0514. The largest absolute Gasteiger partial charge is 0.490 e. The van der Waals surface area contributed by atoms with Crippen LogP contribution in [0, 0.1) is 0 Å². The van der Waals surface area contributed by atoms with Crippen molar-refractivity contribution >= 4 is 0 Å². The Balaban J connectivity index is 2.81. The number of alkyl halides is 2. The van der Waals surface area contributed by atoms with E-state index in [-0.39, 0.29) is 5.75 Å². The van der Waals surface area contributed by atoms with Crippen LogP contribution in [0.4, 0.5) is 8.78 Å². The van der Waals surface area contributed by atoms with E-state index in [0.29, 0.717) is 24.9 Å². The predicted molar refractivity (Wildman–Crippen MR) is 66.2 cm³/mol.